The van der Waals surface area contributed by atoms with Gasteiger partial charge in [0.15, 0.2) is 0 Å². The topological polar surface area (TPSA) is 76.2 Å². The van der Waals surface area contributed by atoms with E-state index in [2.05, 4.69) is 0 Å². The van der Waals surface area contributed by atoms with Crippen LogP contribution >= 0.6 is 0 Å². The molecule has 0 aliphatic carbocycles. The molecule has 0 aromatic heterocycles. The Morgan fingerprint density at radius 1 is 1.12 bits per heavy atom. The molecule has 2 aliphatic rings. The second-order valence-electron chi connectivity index (χ2n) is 6.26. The van der Waals surface area contributed by atoms with Crippen LogP contribution in [-0.4, -0.2) is 69.5 Å². The molecule has 1 aromatic carbocycles. The molecule has 7 nitrogen and oxygen atoms in total. The first-order valence-electron chi connectivity index (χ1n) is 8.57. The van der Waals surface area contributed by atoms with Gasteiger partial charge >= 0.3 is 0 Å². The number of benzene rings is 1. The highest BCUT2D eigenvalue weighted by atomic mass is 32.2. The molecule has 25 heavy (non-hydrogen) atoms. The van der Waals surface area contributed by atoms with Crippen LogP contribution in [0.15, 0.2) is 29.2 Å². The minimum Gasteiger partial charge on any atom is -0.497 e. The molecule has 0 radical (unpaired) electrons. The summed E-state index contributed by atoms with van der Waals surface area (Å²) in [6.45, 7) is 2.29. The Kier molecular flexibility index (Phi) is 5.61. The molecule has 138 valence electrons. The first-order valence-corrected chi connectivity index (χ1v) is 10.0. The van der Waals surface area contributed by atoms with Gasteiger partial charge in [-0.3, -0.25) is 4.79 Å². The maximum Gasteiger partial charge on any atom is 0.251 e. The summed E-state index contributed by atoms with van der Waals surface area (Å²) < 4.78 is 37.6. The minimum atomic E-state index is -3.57. The van der Waals surface area contributed by atoms with Crippen molar-refractivity contribution < 1.29 is 22.7 Å². The van der Waals surface area contributed by atoms with Crippen molar-refractivity contribution in [3.05, 3.63) is 24.3 Å². The predicted molar refractivity (Wildman–Crippen MR) is 91.9 cm³/mol. The second kappa shape index (κ2) is 7.72. The monoisotopic (exact) mass is 368 g/mol. The number of hydrogen-bond acceptors (Lipinski definition) is 5. The largest absolute Gasteiger partial charge is 0.497 e. The molecule has 1 amide bonds. The van der Waals surface area contributed by atoms with Crippen molar-refractivity contribution in [3.8, 4) is 5.75 Å². The molecule has 2 saturated heterocycles. The van der Waals surface area contributed by atoms with Crippen LogP contribution in [-0.2, 0) is 19.6 Å². The molecule has 0 saturated carbocycles. The summed E-state index contributed by atoms with van der Waals surface area (Å²) in [5.41, 5.74) is 0. The molecule has 2 aliphatic heterocycles. The Labute approximate surface area is 148 Å². The van der Waals surface area contributed by atoms with Gasteiger partial charge < -0.3 is 14.4 Å². The Morgan fingerprint density at radius 2 is 1.88 bits per heavy atom. The van der Waals surface area contributed by atoms with E-state index in [4.69, 9.17) is 9.47 Å². The van der Waals surface area contributed by atoms with Crippen LogP contribution in [0.25, 0.3) is 0 Å². The Balaban J connectivity index is 1.67. The minimum absolute atomic E-state index is 0.0128. The third-order valence-electron chi connectivity index (χ3n) is 4.67. The fraction of sp³-hybridized carbons (Fsp3) is 0.588. The maximum absolute atomic E-state index is 12.8. The zero-order valence-electron chi connectivity index (χ0n) is 14.4. The van der Waals surface area contributed by atoms with Crippen molar-refractivity contribution >= 4 is 15.9 Å². The summed E-state index contributed by atoms with van der Waals surface area (Å²) in [5, 5.41) is 0. The molecule has 3 rings (SSSR count). The van der Waals surface area contributed by atoms with Crippen molar-refractivity contribution in [3.63, 3.8) is 0 Å². The maximum atomic E-state index is 12.8. The number of sulfonamides is 1. The summed E-state index contributed by atoms with van der Waals surface area (Å²) in [4.78, 5) is 14.4. The van der Waals surface area contributed by atoms with E-state index in [1.807, 2.05) is 0 Å². The first-order chi connectivity index (χ1) is 12.0. The van der Waals surface area contributed by atoms with Crippen molar-refractivity contribution in [2.24, 2.45) is 0 Å². The van der Waals surface area contributed by atoms with Crippen LogP contribution in [0, 0.1) is 0 Å². The van der Waals surface area contributed by atoms with Crippen molar-refractivity contribution in [2.45, 2.75) is 30.3 Å². The van der Waals surface area contributed by atoms with Gasteiger partial charge in [0, 0.05) is 32.8 Å². The van der Waals surface area contributed by atoms with E-state index in [9.17, 15) is 13.2 Å². The highest BCUT2D eigenvalue weighted by Gasteiger charge is 2.32. The standard InChI is InChI=1S/C17H24N2O5S/c1-23-14-5-7-15(8-6-14)25(21,22)19-10-3-9-18(11-12-19)17(20)16-4-2-13-24-16/h5-8,16H,2-4,9-13H2,1H3. The van der Waals surface area contributed by atoms with Gasteiger partial charge in [0.25, 0.3) is 5.91 Å². The van der Waals surface area contributed by atoms with Gasteiger partial charge in [-0.1, -0.05) is 0 Å². The molecule has 0 spiro atoms. The SMILES string of the molecule is COc1ccc(S(=O)(=O)N2CCCN(C(=O)C3CCCO3)CC2)cc1. The lowest BCUT2D eigenvalue weighted by molar-refractivity contribution is -0.140. The lowest BCUT2D eigenvalue weighted by atomic mass is 10.2. The number of hydrogen-bond donors (Lipinski definition) is 0. The number of carbonyl (C=O) groups excluding carboxylic acids is 1. The van der Waals surface area contributed by atoms with E-state index >= 15 is 0 Å². The first kappa shape index (κ1) is 18.2. The predicted octanol–water partition coefficient (Wildman–Crippen LogP) is 1.10. The van der Waals surface area contributed by atoms with E-state index in [0.29, 0.717) is 45.0 Å². The van der Waals surface area contributed by atoms with Crippen LogP contribution in [0.4, 0.5) is 0 Å². The zero-order valence-corrected chi connectivity index (χ0v) is 15.2. The smallest absolute Gasteiger partial charge is 0.251 e. The van der Waals surface area contributed by atoms with Gasteiger partial charge in [0.1, 0.15) is 11.9 Å². The third kappa shape index (κ3) is 3.96. The molecule has 0 bridgehead atoms. The number of ether oxygens (including phenoxy) is 2. The summed E-state index contributed by atoms with van der Waals surface area (Å²) in [6, 6.07) is 6.37. The summed E-state index contributed by atoms with van der Waals surface area (Å²) in [5.74, 6) is 0.601. The molecule has 0 N–H and O–H groups in total. The highest BCUT2D eigenvalue weighted by molar-refractivity contribution is 7.89. The second-order valence-corrected chi connectivity index (χ2v) is 8.20. The van der Waals surface area contributed by atoms with Gasteiger partial charge in [-0.2, -0.15) is 4.31 Å². The Bertz CT molecular complexity index is 698. The third-order valence-corrected chi connectivity index (χ3v) is 6.58. The van der Waals surface area contributed by atoms with Gasteiger partial charge in [-0.15, -0.1) is 0 Å². The number of rotatable bonds is 4. The van der Waals surface area contributed by atoms with Gasteiger partial charge in [-0.25, -0.2) is 8.42 Å². The average Bonchev–Trinajstić information content (AvgIpc) is 3.05. The fourth-order valence-corrected chi connectivity index (χ4v) is 4.70. The lowest BCUT2D eigenvalue weighted by Crippen LogP contribution is -2.41. The molecule has 2 fully saturated rings. The molecule has 2 heterocycles. The molecular formula is C17H24N2O5S. The number of amides is 1. The van der Waals surface area contributed by atoms with Crippen molar-refractivity contribution in [1.29, 1.82) is 0 Å². The van der Waals surface area contributed by atoms with E-state index in [0.717, 1.165) is 12.8 Å². The summed E-state index contributed by atoms with van der Waals surface area (Å²) in [6.07, 6.45) is 1.92. The normalized spacial score (nSPS) is 22.6. The van der Waals surface area contributed by atoms with E-state index < -0.39 is 10.0 Å². The van der Waals surface area contributed by atoms with Crippen LogP contribution < -0.4 is 4.74 Å². The number of methoxy groups -OCH3 is 1. The Hall–Kier alpha value is -1.64. The van der Waals surface area contributed by atoms with Gasteiger partial charge in [-0.05, 0) is 43.5 Å². The van der Waals surface area contributed by atoms with Crippen LogP contribution in [0.5, 0.6) is 5.75 Å². The molecule has 8 heteroatoms. The van der Waals surface area contributed by atoms with Gasteiger partial charge in [0.2, 0.25) is 10.0 Å². The number of carbonyl (C=O) groups is 1. The highest BCUT2D eigenvalue weighted by Crippen LogP contribution is 2.22. The zero-order chi connectivity index (χ0) is 17.9. The van der Waals surface area contributed by atoms with Crippen LogP contribution in [0.2, 0.25) is 0 Å². The molecule has 1 aromatic rings. The quantitative estimate of drug-likeness (QED) is 0.795. The fourth-order valence-electron chi connectivity index (χ4n) is 3.23. The molecule has 1 atom stereocenters. The van der Waals surface area contributed by atoms with E-state index in [1.54, 1.807) is 29.2 Å². The average molecular weight is 368 g/mol. The van der Waals surface area contributed by atoms with E-state index in [-0.39, 0.29) is 16.9 Å². The van der Waals surface area contributed by atoms with E-state index in [1.165, 1.54) is 11.4 Å². The summed E-state index contributed by atoms with van der Waals surface area (Å²) >= 11 is 0. The van der Waals surface area contributed by atoms with Crippen molar-refractivity contribution in [1.82, 2.24) is 9.21 Å². The Morgan fingerprint density at radius 3 is 2.52 bits per heavy atom. The van der Waals surface area contributed by atoms with Crippen molar-refractivity contribution in [2.75, 3.05) is 39.9 Å². The van der Waals surface area contributed by atoms with Crippen LogP contribution in [0.3, 0.4) is 0 Å². The van der Waals surface area contributed by atoms with Gasteiger partial charge in [0.05, 0.1) is 12.0 Å². The molecule has 1 unspecified atom stereocenters. The van der Waals surface area contributed by atoms with Crippen LogP contribution in [0.1, 0.15) is 19.3 Å². The molecular weight excluding hydrogens is 344 g/mol. The lowest BCUT2D eigenvalue weighted by Gasteiger charge is -2.24. The summed E-state index contributed by atoms with van der Waals surface area (Å²) in [7, 11) is -2.03. The number of nitrogens with zero attached hydrogens (tertiary/aromatic N) is 2.